The Hall–Kier alpha value is -1.95. The molecule has 0 unspecified atom stereocenters. The van der Waals surface area contributed by atoms with Gasteiger partial charge < -0.3 is 14.1 Å². The molecule has 5 nitrogen and oxygen atoms in total. The summed E-state index contributed by atoms with van der Waals surface area (Å²) in [5, 5.41) is 3.87. The third-order valence-electron chi connectivity index (χ3n) is 2.39. The molecule has 3 aromatic heterocycles. The summed E-state index contributed by atoms with van der Waals surface area (Å²) in [4.78, 5) is 7.14. The normalized spacial score (nSPS) is 11.0. The minimum Gasteiger partial charge on any atom is -0.364 e. The van der Waals surface area contributed by atoms with Crippen LogP contribution in [0.3, 0.4) is 0 Å². The minimum atomic E-state index is 0.597. The Morgan fingerprint density at radius 2 is 2.38 bits per heavy atom. The van der Waals surface area contributed by atoms with Crippen LogP contribution < -0.4 is 0 Å². The van der Waals surface area contributed by atoms with Crippen LogP contribution in [-0.4, -0.2) is 19.7 Å². The number of imidazole rings is 1. The average Bonchev–Trinajstić information content (AvgIpc) is 2.89. The van der Waals surface area contributed by atoms with Gasteiger partial charge in [-0.15, -0.1) is 0 Å². The summed E-state index contributed by atoms with van der Waals surface area (Å²) in [6, 6.07) is 3.74. The van der Waals surface area contributed by atoms with Gasteiger partial charge in [-0.3, -0.25) is 4.98 Å². The van der Waals surface area contributed by atoms with Gasteiger partial charge in [-0.2, -0.15) is 0 Å². The largest absolute Gasteiger partial charge is 0.364 e. The number of aromatic amines is 1. The van der Waals surface area contributed by atoms with Crippen LogP contribution in [0.2, 0.25) is 0 Å². The first-order valence-corrected chi connectivity index (χ1v) is 5.17. The number of H-pyrrole nitrogens is 1. The summed E-state index contributed by atoms with van der Waals surface area (Å²) in [6.07, 6.45) is 5.05. The van der Waals surface area contributed by atoms with Gasteiger partial charge >= 0.3 is 0 Å². The lowest BCUT2D eigenvalue weighted by molar-refractivity contribution is 0.410. The van der Waals surface area contributed by atoms with Gasteiger partial charge in [0.05, 0.1) is 23.8 Å². The molecule has 3 heterocycles. The standard InChI is InChI=1S/C10H8N4OS/c16-10-12-8-5-11-3-1-9(8)14(10)6-7-2-4-15-13-7/h1-5H,6H2,(H,12,16). The fourth-order valence-corrected chi connectivity index (χ4v) is 1.92. The van der Waals surface area contributed by atoms with E-state index >= 15 is 0 Å². The van der Waals surface area contributed by atoms with Crippen LogP contribution >= 0.6 is 12.2 Å². The van der Waals surface area contributed by atoms with Crippen LogP contribution in [-0.2, 0) is 6.54 Å². The Bertz CT molecular complexity index is 668. The van der Waals surface area contributed by atoms with Crippen LogP contribution in [0.25, 0.3) is 11.0 Å². The second-order valence-corrected chi connectivity index (χ2v) is 3.79. The van der Waals surface area contributed by atoms with Crippen LogP contribution in [0.1, 0.15) is 5.69 Å². The number of nitrogens with zero attached hydrogens (tertiary/aromatic N) is 3. The van der Waals surface area contributed by atoms with Gasteiger partial charge in [0.1, 0.15) is 12.0 Å². The number of hydrogen-bond donors (Lipinski definition) is 1. The number of aromatic nitrogens is 4. The lowest BCUT2D eigenvalue weighted by Crippen LogP contribution is -1.99. The van der Waals surface area contributed by atoms with Gasteiger partial charge in [0.25, 0.3) is 0 Å². The van der Waals surface area contributed by atoms with E-state index in [0.717, 1.165) is 16.7 Å². The van der Waals surface area contributed by atoms with E-state index in [1.165, 1.54) is 0 Å². The van der Waals surface area contributed by atoms with Gasteiger partial charge in [0, 0.05) is 12.3 Å². The molecule has 16 heavy (non-hydrogen) atoms. The molecule has 0 bridgehead atoms. The molecule has 80 valence electrons. The molecule has 0 aliphatic carbocycles. The van der Waals surface area contributed by atoms with Crippen molar-refractivity contribution in [2.45, 2.75) is 6.54 Å². The molecule has 1 N–H and O–H groups in total. The highest BCUT2D eigenvalue weighted by Gasteiger charge is 2.05. The lowest BCUT2D eigenvalue weighted by atomic mass is 10.4. The molecule has 0 amide bonds. The summed E-state index contributed by atoms with van der Waals surface area (Å²) < 4.78 is 7.42. The van der Waals surface area contributed by atoms with Crippen LogP contribution in [0.4, 0.5) is 0 Å². The summed E-state index contributed by atoms with van der Waals surface area (Å²) in [5.41, 5.74) is 2.79. The number of fused-ring (bicyclic) bond motifs is 1. The second-order valence-electron chi connectivity index (χ2n) is 3.40. The molecule has 0 radical (unpaired) electrons. The third-order valence-corrected chi connectivity index (χ3v) is 2.71. The number of hydrogen-bond acceptors (Lipinski definition) is 4. The van der Waals surface area contributed by atoms with E-state index in [4.69, 9.17) is 16.7 Å². The maximum atomic E-state index is 5.25. The zero-order valence-electron chi connectivity index (χ0n) is 8.25. The van der Waals surface area contributed by atoms with E-state index in [-0.39, 0.29) is 0 Å². The number of rotatable bonds is 2. The summed E-state index contributed by atoms with van der Waals surface area (Å²) in [7, 11) is 0. The average molecular weight is 232 g/mol. The van der Waals surface area contributed by atoms with E-state index in [1.807, 2.05) is 16.7 Å². The topological polar surface area (TPSA) is 59.6 Å². The van der Waals surface area contributed by atoms with Gasteiger partial charge in [-0.25, -0.2) is 0 Å². The SMILES string of the molecule is S=c1[nH]c2cnccc2n1Cc1ccon1. The van der Waals surface area contributed by atoms with Crippen LogP contribution in [0.15, 0.2) is 35.3 Å². The second kappa shape index (κ2) is 3.57. The highest BCUT2D eigenvalue weighted by atomic mass is 32.1. The minimum absolute atomic E-state index is 0.597. The molecule has 0 saturated heterocycles. The van der Waals surface area contributed by atoms with Gasteiger partial charge in [0.2, 0.25) is 0 Å². The molecule has 0 spiro atoms. The molecular weight excluding hydrogens is 224 g/mol. The van der Waals surface area contributed by atoms with Crippen molar-refractivity contribution in [1.29, 1.82) is 0 Å². The molecule has 0 aromatic carbocycles. The summed E-state index contributed by atoms with van der Waals surface area (Å²) in [6.45, 7) is 0.597. The quantitative estimate of drug-likeness (QED) is 0.687. The maximum Gasteiger partial charge on any atom is 0.178 e. The summed E-state index contributed by atoms with van der Waals surface area (Å²) >= 11 is 5.25. The number of pyridine rings is 1. The predicted molar refractivity (Wildman–Crippen MR) is 60.5 cm³/mol. The Labute approximate surface area is 95.7 Å². The molecule has 3 rings (SSSR count). The molecule has 0 aliphatic rings. The van der Waals surface area contributed by atoms with Gasteiger partial charge in [-0.1, -0.05) is 5.16 Å². The molecule has 0 aliphatic heterocycles. The van der Waals surface area contributed by atoms with E-state index in [1.54, 1.807) is 18.7 Å². The van der Waals surface area contributed by atoms with Crippen molar-refractivity contribution in [3.05, 3.63) is 41.3 Å². The molecular formula is C10H8N4OS. The van der Waals surface area contributed by atoms with Crippen molar-refractivity contribution in [2.24, 2.45) is 0 Å². The Kier molecular flexibility index (Phi) is 2.07. The Morgan fingerprint density at radius 1 is 1.44 bits per heavy atom. The molecule has 0 saturated carbocycles. The Balaban J connectivity index is 2.16. The first kappa shape index (κ1) is 9.29. The van der Waals surface area contributed by atoms with E-state index < -0.39 is 0 Å². The first-order valence-electron chi connectivity index (χ1n) is 4.76. The fraction of sp³-hybridized carbons (Fsp3) is 0.100. The lowest BCUT2D eigenvalue weighted by Gasteiger charge is -1.99. The zero-order chi connectivity index (χ0) is 11.0. The first-order chi connectivity index (χ1) is 7.84. The highest BCUT2D eigenvalue weighted by molar-refractivity contribution is 7.71. The maximum absolute atomic E-state index is 5.25. The molecule has 6 heteroatoms. The van der Waals surface area contributed by atoms with Crippen molar-refractivity contribution in [2.75, 3.05) is 0 Å². The van der Waals surface area contributed by atoms with Crippen molar-refractivity contribution in [3.8, 4) is 0 Å². The van der Waals surface area contributed by atoms with Crippen molar-refractivity contribution >= 4 is 23.3 Å². The number of nitrogens with one attached hydrogen (secondary N) is 1. The molecule has 0 fully saturated rings. The highest BCUT2D eigenvalue weighted by Crippen LogP contribution is 2.13. The van der Waals surface area contributed by atoms with E-state index in [9.17, 15) is 0 Å². The van der Waals surface area contributed by atoms with Crippen molar-refractivity contribution < 1.29 is 4.52 Å². The van der Waals surface area contributed by atoms with Crippen molar-refractivity contribution in [3.63, 3.8) is 0 Å². The predicted octanol–water partition coefficient (Wildman–Crippen LogP) is 2.13. The van der Waals surface area contributed by atoms with Gasteiger partial charge in [0.15, 0.2) is 4.77 Å². The van der Waals surface area contributed by atoms with E-state index in [2.05, 4.69) is 15.1 Å². The van der Waals surface area contributed by atoms with Crippen LogP contribution in [0, 0.1) is 4.77 Å². The van der Waals surface area contributed by atoms with Gasteiger partial charge in [-0.05, 0) is 18.3 Å². The fourth-order valence-electron chi connectivity index (χ4n) is 1.65. The Morgan fingerprint density at radius 3 is 3.19 bits per heavy atom. The zero-order valence-corrected chi connectivity index (χ0v) is 9.07. The third kappa shape index (κ3) is 1.43. The molecule has 0 atom stereocenters. The smallest absolute Gasteiger partial charge is 0.178 e. The molecule has 3 aromatic rings. The van der Waals surface area contributed by atoms with Crippen LogP contribution in [0.5, 0.6) is 0 Å². The monoisotopic (exact) mass is 232 g/mol. The van der Waals surface area contributed by atoms with E-state index in [0.29, 0.717) is 11.3 Å². The van der Waals surface area contributed by atoms with Crippen molar-refractivity contribution in [1.82, 2.24) is 19.7 Å². The summed E-state index contributed by atoms with van der Waals surface area (Å²) in [5.74, 6) is 0.